The van der Waals surface area contributed by atoms with Crippen LogP contribution in [-0.4, -0.2) is 83.6 Å². The number of carbonyl (C=O) groups excluding carboxylic acids is 2. The SMILES string of the molecule is CC=CCC(C)C(OCOP(=O)(O)O)C1C(=O)NCCCCN(C)C(C(C)C)C(=O)N1C. The lowest BCUT2D eigenvalue weighted by Crippen LogP contribution is -2.60. The summed E-state index contributed by atoms with van der Waals surface area (Å²) in [6, 6.07) is -1.40. The Bertz CT molecular complexity index is 682. The zero-order chi connectivity index (χ0) is 24.5. The van der Waals surface area contributed by atoms with Gasteiger partial charge in [-0.05, 0) is 51.6 Å². The molecule has 1 rings (SSSR count). The van der Waals surface area contributed by atoms with Gasteiger partial charge < -0.3 is 24.7 Å². The van der Waals surface area contributed by atoms with E-state index in [4.69, 9.17) is 14.5 Å². The van der Waals surface area contributed by atoms with Gasteiger partial charge in [0.25, 0.3) is 0 Å². The quantitative estimate of drug-likeness (QED) is 0.260. The highest BCUT2D eigenvalue weighted by Gasteiger charge is 2.41. The van der Waals surface area contributed by atoms with Gasteiger partial charge in [-0.15, -0.1) is 0 Å². The van der Waals surface area contributed by atoms with Crippen LogP contribution in [0.5, 0.6) is 0 Å². The fourth-order valence-electron chi connectivity index (χ4n) is 4.04. The monoisotopic (exact) mass is 477 g/mol. The lowest BCUT2D eigenvalue weighted by atomic mass is 9.91. The van der Waals surface area contributed by atoms with Crippen molar-refractivity contribution in [1.82, 2.24) is 15.1 Å². The third-order valence-electron chi connectivity index (χ3n) is 5.73. The van der Waals surface area contributed by atoms with Crippen LogP contribution in [0.3, 0.4) is 0 Å². The van der Waals surface area contributed by atoms with Crippen molar-refractivity contribution in [3.8, 4) is 0 Å². The third kappa shape index (κ3) is 8.92. The van der Waals surface area contributed by atoms with E-state index in [9.17, 15) is 14.2 Å². The number of phosphoric acid groups is 1. The fraction of sp³-hybridized carbons (Fsp3) is 0.810. The van der Waals surface area contributed by atoms with E-state index in [0.717, 1.165) is 19.4 Å². The molecule has 11 heteroatoms. The highest BCUT2D eigenvalue weighted by molar-refractivity contribution is 7.46. The van der Waals surface area contributed by atoms with Crippen LogP contribution in [0.1, 0.15) is 47.0 Å². The maximum absolute atomic E-state index is 13.5. The highest BCUT2D eigenvalue weighted by atomic mass is 31.2. The van der Waals surface area contributed by atoms with E-state index in [0.29, 0.717) is 13.0 Å². The molecule has 32 heavy (non-hydrogen) atoms. The summed E-state index contributed by atoms with van der Waals surface area (Å²) in [5, 5.41) is 2.89. The first-order valence-corrected chi connectivity index (χ1v) is 12.6. The van der Waals surface area contributed by atoms with Gasteiger partial charge >= 0.3 is 7.82 Å². The molecule has 2 amide bonds. The van der Waals surface area contributed by atoms with Crippen molar-refractivity contribution in [3.05, 3.63) is 12.2 Å². The summed E-state index contributed by atoms with van der Waals surface area (Å²) in [5.41, 5.74) is 0. The first kappa shape index (κ1) is 28.7. The predicted octanol–water partition coefficient (Wildman–Crippen LogP) is 1.73. The van der Waals surface area contributed by atoms with Crippen molar-refractivity contribution in [3.63, 3.8) is 0 Å². The number of amides is 2. The summed E-state index contributed by atoms with van der Waals surface area (Å²) in [4.78, 5) is 48.2. The first-order valence-electron chi connectivity index (χ1n) is 11.1. The van der Waals surface area contributed by atoms with E-state index in [1.165, 1.54) is 4.90 Å². The number of phosphoric ester groups is 1. The fourth-order valence-corrected chi connectivity index (χ4v) is 4.24. The van der Waals surface area contributed by atoms with Gasteiger partial charge in [-0.25, -0.2) is 4.57 Å². The van der Waals surface area contributed by atoms with Gasteiger partial charge in [0.05, 0.1) is 12.1 Å². The van der Waals surface area contributed by atoms with E-state index < -0.39 is 32.8 Å². The molecule has 1 aliphatic heterocycles. The van der Waals surface area contributed by atoms with Gasteiger partial charge in [0.15, 0.2) is 6.79 Å². The van der Waals surface area contributed by atoms with Crippen LogP contribution in [0.2, 0.25) is 0 Å². The van der Waals surface area contributed by atoms with Crippen molar-refractivity contribution >= 4 is 19.6 Å². The minimum atomic E-state index is -4.75. The van der Waals surface area contributed by atoms with Crippen LogP contribution in [0.25, 0.3) is 0 Å². The molecule has 1 aliphatic rings. The summed E-state index contributed by atoms with van der Waals surface area (Å²) < 4.78 is 21.3. The molecule has 0 radical (unpaired) electrons. The smallest absolute Gasteiger partial charge is 0.354 e. The molecule has 0 spiro atoms. The average Bonchev–Trinajstić information content (AvgIpc) is 2.70. The molecule has 0 aromatic carbocycles. The second-order valence-corrected chi connectivity index (χ2v) is 9.95. The Balaban J connectivity index is 3.34. The van der Waals surface area contributed by atoms with E-state index in [-0.39, 0.29) is 23.7 Å². The molecule has 4 atom stereocenters. The number of carbonyl (C=O) groups is 2. The van der Waals surface area contributed by atoms with Gasteiger partial charge in [-0.1, -0.05) is 32.9 Å². The number of hydrogen-bond acceptors (Lipinski definition) is 6. The lowest BCUT2D eigenvalue weighted by Gasteiger charge is -2.39. The van der Waals surface area contributed by atoms with Crippen molar-refractivity contribution in [1.29, 1.82) is 0 Å². The lowest BCUT2D eigenvalue weighted by molar-refractivity contribution is -0.156. The molecule has 1 fully saturated rings. The summed E-state index contributed by atoms with van der Waals surface area (Å²) in [7, 11) is -1.26. The highest BCUT2D eigenvalue weighted by Crippen LogP contribution is 2.36. The van der Waals surface area contributed by atoms with E-state index in [1.807, 2.05) is 51.8 Å². The Morgan fingerprint density at radius 1 is 1.19 bits per heavy atom. The Morgan fingerprint density at radius 3 is 2.41 bits per heavy atom. The topological polar surface area (TPSA) is 129 Å². The van der Waals surface area contributed by atoms with Crippen LogP contribution < -0.4 is 5.32 Å². The molecule has 3 N–H and O–H groups in total. The first-order chi connectivity index (χ1) is 14.9. The minimum absolute atomic E-state index is 0.0252. The van der Waals surface area contributed by atoms with Crippen LogP contribution in [0.15, 0.2) is 12.2 Å². The number of rotatable bonds is 9. The van der Waals surface area contributed by atoms with E-state index in [2.05, 4.69) is 9.84 Å². The van der Waals surface area contributed by atoms with Crippen LogP contribution in [0.4, 0.5) is 0 Å². The molecule has 0 aromatic rings. The Hall–Kier alpha value is -1.29. The van der Waals surface area contributed by atoms with Gasteiger partial charge in [0.2, 0.25) is 11.8 Å². The van der Waals surface area contributed by atoms with Crippen molar-refractivity contribution < 1.29 is 33.2 Å². The summed E-state index contributed by atoms with van der Waals surface area (Å²) in [5.74, 6) is -0.774. The Labute approximate surface area is 191 Å². The van der Waals surface area contributed by atoms with Crippen molar-refractivity contribution in [2.45, 2.75) is 65.1 Å². The zero-order valence-electron chi connectivity index (χ0n) is 20.1. The molecule has 0 aliphatic carbocycles. The standard InChI is InChI=1S/C21H40N3O7P/c1-7-8-11-16(4)19(30-14-31-32(27,28)29)18-20(25)22-12-9-10-13-23(5)17(15(2)3)21(26)24(18)6/h7-8,15-19H,9-14H2,1-6H3,(H,22,25)(H2,27,28,29). The van der Waals surface area contributed by atoms with Gasteiger partial charge in [-0.2, -0.15) is 0 Å². The normalized spacial score (nSPS) is 24.5. The molecular weight excluding hydrogens is 437 g/mol. The molecule has 1 heterocycles. The molecule has 10 nitrogen and oxygen atoms in total. The molecule has 1 saturated heterocycles. The van der Waals surface area contributed by atoms with Crippen LogP contribution >= 0.6 is 7.82 Å². The third-order valence-corrected chi connectivity index (χ3v) is 6.17. The van der Waals surface area contributed by atoms with Gasteiger partial charge in [0.1, 0.15) is 6.04 Å². The molecule has 0 saturated carbocycles. The average molecular weight is 478 g/mol. The predicted molar refractivity (Wildman–Crippen MR) is 122 cm³/mol. The van der Waals surface area contributed by atoms with Crippen molar-refractivity contribution in [2.75, 3.05) is 34.0 Å². The second-order valence-electron chi connectivity index (χ2n) is 8.71. The summed E-state index contributed by atoms with van der Waals surface area (Å²) >= 11 is 0. The Morgan fingerprint density at radius 2 is 1.84 bits per heavy atom. The zero-order valence-corrected chi connectivity index (χ0v) is 21.0. The maximum atomic E-state index is 13.5. The van der Waals surface area contributed by atoms with Crippen LogP contribution in [-0.2, 0) is 23.4 Å². The van der Waals surface area contributed by atoms with Crippen LogP contribution in [0, 0.1) is 11.8 Å². The number of ether oxygens (including phenoxy) is 1. The summed E-state index contributed by atoms with van der Waals surface area (Å²) in [6.45, 7) is 8.18. The maximum Gasteiger partial charge on any atom is 0.471 e. The van der Waals surface area contributed by atoms with Crippen molar-refractivity contribution in [2.24, 2.45) is 11.8 Å². The minimum Gasteiger partial charge on any atom is -0.354 e. The molecule has 0 bridgehead atoms. The molecular formula is C21H40N3O7P. The Kier molecular flexibility index (Phi) is 12.1. The number of nitrogens with zero attached hydrogens (tertiary/aromatic N) is 2. The number of likely N-dealkylation sites (N-methyl/N-ethyl adjacent to an activating group) is 2. The number of allylic oxidation sites excluding steroid dienone is 2. The van der Waals surface area contributed by atoms with Gasteiger partial charge in [0, 0.05) is 13.6 Å². The molecule has 0 aromatic heterocycles. The van der Waals surface area contributed by atoms with E-state index in [1.54, 1.807) is 7.05 Å². The number of nitrogens with one attached hydrogen (secondary N) is 1. The largest absolute Gasteiger partial charge is 0.471 e. The van der Waals surface area contributed by atoms with Gasteiger partial charge in [-0.3, -0.25) is 19.0 Å². The second kappa shape index (κ2) is 13.4. The molecule has 186 valence electrons. The summed E-state index contributed by atoms with van der Waals surface area (Å²) in [6.07, 6.45) is 5.11. The number of hydrogen-bond donors (Lipinski definition) is 3. The van der Waals surface area contributed by atoms with E-state index >= 15 is 0 Å². The molecule has 4 unspecified atom stereocenters.